The molecule has 0 aromatic heterocycles. The summed E-state index contributed by atoms with van der Waals surface area (Å²) in [6.07, 6.45) is 6.69. The van der Waals surface area contributed by atoms with Crippen LogP contribution < -0.4 is 10.1 Å². The van der Waals surface area contributed by atoms with Crippen molar-refractivity contribution < 1.29 is 4.74 Å². The molecule has 2 rings (SSSR count). The summed E-state index contributed by atoms with van der Waals surface area (Å²) >= 11 is 0. The van der Waals surface area contributed by atoms with E-state index in [1.165, 1.54) is 32.1 Å². The molecule has 2 heteroatoms. The van der Waals surface area contributed by atoms with Gasteiger partial charge in [0.25, 0.3) is 0 Å². The molecule has 0 spiro atoms. The highest BCUT2D eigenvalue weighted by Crippen LogP contribution is 2.28. The Kier molecular flexibility index (Phi) is 4.09. The smallest absolute Gasteiger partial charge is 0.142 e. The van der Waals surface area contributed by atoms with Gasteiger partial charge in [0.15, 0.2) is 0 Å². The molecule has 0 atom stereocenters. The van der Waals surface area contributed by atoms with Crippen molar-refractivity contribution >= 4 is 5.69 Å². The molecule has 1 aromatic carbocycles. The topological polar surface area (TPSA) is 21.3 Å². The minimum Gasteiger partial charge on any atom is -0.492 e. The molecule has 0 radical (unpaired) electrons. The van der Waals surface area contributed by atoms with Crippen LogP contribution in [-0.4, -0.2) is 12.6 Å². The Morgan fingerprint density at radius 3 is 2.69 bits per heavy atom. The van der Waals surface area contributed by atoms with Crippen molar-refractivity contribution in [1.82, 2.24) is 0 Å². The van der Waals surface area contributed by atoms with Crippen LogP contribution in [0.3, 0.4) is 0 Å². The van der Waals surface area contributed by atoms with Crippen molar-refractivity contribution in [1.29, 1.82) is 0 Å². The van der Waals surface area contributed by atoms with Gasteiger partial charge in [-0.05, 0) is 31.9 Å². The van der Waals surface area contributed by atoms with Gasteiger partial charge in [-0.1, -0.05) is 31.4 Å². The van der Waals surface area contributed by atoms with Gasteiger partial charge in [-0.25, -0.2) is 0 Å². The Balaban J connectivity index is 2.01. The molecule has 0 bridgehead atoms. The number of benzene rings is 1. The van der Waals surface area contributed by atoms with Crippen LogP contribution in [0.15, 0.2) is 24.3 Å². The summed E-state index contributed by atoms with van der Waals surface area (Å²) in [7, 11) is 0. The molecule has 0 heterocycles. The van der Waals surface area contributed by atoms with Crippen molar-refractivity contribution in [3.05, 3.63) is 24.3 Å². The maximum atomic E-state index is 5.62. The number of hydrogen-bond donors (Lipinski definition) is 1. The minimum absolute atomic E-state index is 0.635. The average Bonchev–Trinajstić information content (AvgIpc) is 2.33. The van der Waals surface area contributed by atoms with E-state index in [9.17, 15) is 0 Å². The van der Waals surface area contributed by atoms with E-state index >= 15 is 0 Å². The van der Waals surface area contributed by atoms with E-state index in [-0.39, 0.29) is 0 Å². The van der Waals surface area contributed by atoms with E-state index in [2.05, 4.69) is 17.4 Å². The molecule has 0 saturated heterocycles. The molecule has 1 fully saturated rings. The molecule has 16 heavy (non-hydrogen) atoms. The van der Waals surface area contributed by atoms with Crippen LogP contribution in [0.25, 0.3) is 0 Å². The molecule has 0 amide bonds. The van der Waals surface area contributed by atoms with Gasteiger partial charge in [-0.15, -0.1) is 0 Å². The number of ether oxygens (including phenoxy) is 1. The van der Waals surface area contributed by atoms with Crippen LogP contribution >= 0.6 is 0 Å². The van der Waals surface area contributed by atoms with Gasteiger partial charge >= 0.3 is 0 Å². The predicted molar refractivity (Wildman–Crippen MR) is 68.1 cm³/mol. The molecule has 1 saturated carbocycles. The summed E-state index contributed by atoms with van der Waals surface area (Å²) < 4.78 is 5.62. The highest BCUT2D eigenvalue weighted by molar-refractivity contribution is 5.56. The van der Waals surface area contributed by atoms with E-state index in [0.717, 1.165) is 18.0 Å². The van der Waals surface area contributed by atoms with Gasteiger partial charge in [-0.2, -0.15) is 0 Å². The van der Waals surface area contributed by atoms with Crippen LogP contribution in [-0.2, 0) is 0 Å². The second kappa shape index (κ2) is 5.78. The Bertz CT molecular complexity index is 318. The lowest BCUT2D eigenvalue weighted by Gasteiger charge is -2.24. The molecule has 0 unspecified atom stereocenters. The first-order valence-electron chi connectivity index (χ1n) is 6.38. The number of anilines is 1. The van der Waals surface area contributed by atoms with Gasteiger partial charge in [0, 0.05) is 6.04 Å². The molecular formula is C14H21NO. The lowest BCUT2D eigenvalue weighted by molar-refractivity contribution is 0.341. The lowest BCUT2D eigenvalue weighted by Crippen LogP contribution is -2.22. The van der Waals surface area contributed by atoms with Crippen LogP contribution in [0, 0.1) is 0 Å². The molecule has 1 aromatic rings. The number of hydrogen-bond acceptors (Lipinski definition) is 2. The van der Waals surface area contributed by atoms with Crippen LogP contribution in [0.1, 0.15) is 39.0 Å². The zero-order valence-electron chi connectivity index (χ0n) is 10.0. The first-order chi connectivity index (χ1) is 7.90. The van der Waals surface area contributed by atoms with Crippen molar-refractivity contribution in [3.63, 3.8) is 0 Å². The summed E-state index contributed by atoms with van der Waals surface area (Å²) in [6.45, 7) is 2.75. The van der Waals surface area contributed by atoms with Gasteiger partial charge in [-0.3, -0.25) is 0 Å². The van der Waals surface area contributed by atoms with Crippen molar-refractivity contribution in [3.8, 4) is 5.75 Å². The number of para-hydroxylation sites is 2. The van der Waals surface area contributed by atoms with Crippen molar-refractivity contribution in [2.24, 2.45) is 0 Å². The van der Waals surface area contributed by atoms with E-state index in [1.807, 2.05) is 19.1 Å². The van der Waals surface area contributed by atoms with Gasteiger partial charge in [0.2, 0.25) is 0 Å². The van der Waals surface area contributed by atoms with Crippen molar-refractivity contribution in [2.75, 3.05) is 11.9 Å². The third kappa shape index (κ3) is 2.91. The third-order valence-corrected chi connectivity index (χ3v) is 3.15. The summed E-state index contributed by atoms with van der Waals surface area (Å²) in [6, 6.07) is 8.87. The van der Waals surface area contributed by atoms with Gasteiger partial charge in [0.05, 0.1) is 12.3 Å². The lowest BCUT2D eigenvalue weighted by atomic mass is 9.95. The second-order valence-corrected chi connectivity index (χ2v) is 4.41. The second-order valence-electron chi connectivity index (χ2n) is 4.41. The Morgan fingerprint density at radius 1 is 1.19 bits per heavy atom. The summed E-state index contributed by atoms with van der Waals surface area (Å²) in [4.78, 5) is 0. The molecule has 0 aliphatic heterocycles. The van der Waals surface area contributed by atoms with E-state index < -0.39 is 0 Å². The van der Waals surface area contributed by atoms with E-state index in [1.54, 1.807) is 0 Å². The first-order valence-corrected chi connectivity index (χ1v) is 6.38. The van der Waals surface area contributed by atoms with Crippen LogP contribution in [0.2, 0.25) is 0 Å². The SMILES string of the molecule is CCOc1ccccc1NC1CCCCC1. The van der Waals surface area contributed by atoms with Gasteiger partial charge < -0.3 is 10.1 Å². The monoisotopic (exact) mass is 219 g/mol. The maximum Gasteiger partial charge on any atom is 0.142 e. The fraction of sp³-hybridized carbons (Fsp3) is 0.571. The largest absolute Gasteiger partial charge is 0.492 e. The van der Waals surface area contributed by atoms with Gasteiger partial charge in [0.1, 0.15) is 5.75 Å². The van der Waals surface area contributed by atoms with E-state index in [4.69, 9.17) is 4.74 Å². The maximum absolute atomic E-state index is 5.62. The summed E-state index contributed by atoms with van der Waals surface area (Å²) in [5, 5.41) is 3.61. The standard InChI is InChI=1S/C14H21NO/c1-2-16-14-11-7-6-10-13(14)15-12-8-4-3-5-9-12/h6-7,10-12,15H,2-5,8-9H2,1H3. The average molecular weight is 219 g/mol. The highest BCUT2D eigenvalue weighted by atomic mass is 16.5. The molecule has 88 valence electrons. The Labute approximate surface area is 98.0 Å². The molecule has 1 aliphatic carbocycles. The normalized spacial score (nSPS) is 17.1. The fourth-order valence-corrected chi connectivity index (χ4v) is 2.33. The van der Waals surface area contributed by atoms with Crippen molar-refractivity contribution in [2.45, 2.75) is 45.1 Å². The molecule has 1 aliphatic rings. The van der Waals surface area contributed by atoms with Crippen LogP contribution in [0.5, 0.6) is 5.75 Å². The predicted octanol–water partition coefficient (Wildman–Crippen LogP) is 3.83. The minimum atomic E-state index is 0.635. The molecule has 1 N–H and O–H groups in total. The quantitative estimate of drug-likeness (QED) is 0.831. The highest BCUT2D eigenvalue weighted by Gasteiger charge is 2.14. The zero-order valence-corrected chi connectivity index (χ0v) is 10.0. The third-order valence-electron chi connectivity index (χ3n) is 3.15. The molecule has 2 nitrogen and oxygen atoms in total. The number of nitrogens with one attached hydrogen (secondary N) is 1. The fourth-order valence-electron chi connectivity index (χ4n) is 2.33. The number of rotatable bonds is 4. The Morgan fingerprint density at radius 2 is 1.94 bits per heavy atom. The zero-order chi connectivity index (χ0) is 11.2. The first kappa shape index (κ1) is 11.3. The molecular weight excluding hydrogens is 198 g/mol. The van der Waals surface area contributed by atoms with E-state index in [0.29, 0.717) is 6.04 Å². The Hall–Kier alpha value is -1.18. The summed E-state index contributed by atoms with van der Waals surface area (Å²) in [5.41, 5.74) is 1.15. The van der Waals surface area contributed by atoms with Crippen LogP contribution in [0.4, 0.5) is 5.69 Å². The summed E-state index contributed by atoms with van der Waals surface area (Å²) in [5.74, 6) is 0.982.